The van der Waals surface area contributed by atoms with Crippen molar-refractivity contribution in [1.29, 1.82) is 0 Å². The maximum atomic E-state index is 12.5. The molecule has 0 radical (unpaired) electrons. The quantitative estimate of drug-likeness (QED) is 0.0332. The SMILES string of the molecule is Cc1ccc(/C=C/C(=O)Nc2ccc(S(=O)(=O)N3CCCC3)cc2)cc1.Cc1ccccc1/C=C/C(=O)Nc1ccc(S(=O)(=O)N2CCCC2)cc1.O=C(/C=C/c1ccc(Br)cc1)Nc1ccc(S(=O)(=O)N2CCCC2)cc1.O=C(/C=C/c1cccc(Br)c1)Nc1ccc(S(=O)(=O)N2CCCC2)cc1.O=C(/C=C/c1ccccc1Br)Nc1ccc(S(=O)(=O)N2CCCC2)cc1. The molecule has 10 aromatic carbocycles. The molecule has 15 rings (SSSR count). The van der Waals surface area contributed by atoms with Gasteiger partial charge in [-0.1, -0.05) is 144 Å². The van der Waals surface area contributed by atoms with Crippen LogP contribution in [0, 0.1) is 13.8 Å². The highest BCUT2D eigenvalue weighted by Crippen LogP contribution is 2.30. The number of carbonyl (C=O) groups is 5. The number of nitrogens with one attached hydrogen (secondary N) is 5. The molecule has 5 aliphatic heterocycles. The summed E-state index contributed by atoms with van der Waals surface area (Å²) in [6.45, 7) is 9.71. The Bertz CT molecular complexity index is 6040. The lowest BCUT2D eigenvalue weighted by Gasteiger charge is -2.15. The Kier molecular flexibility index (Phi) is 36.8. The van der Waals surface area contributed by atoms with E-state index in [1.54, 1.807) is 91.0 Å². The fourth-order valence-corrected chi connectivity index (χ4v) is 22.6. The van der Waals surface area contributed by atoms with Gasteiger partial charge < -0.3 is 26.6 Å². The molecule has 0 atom stereocenters. The first-order valence-electron chi connectivity index (χ1n) is 42.1. The maximum Gasteiger partial charge on any atom is 0.248 e. The second-order valence-electron chi connectivity index (χ2n) is 30.7. The van der Waals surface area contributed by atoms with Crippen molar-refractivity contribution in [3.05, 3.63) is 325 Å². The van der Waals surface area contributed by atoms with E-state index in [9.17, 15) is 66.1 Å². The monoisotopic (exact) mass is 2040 g/mol. The van der Waals surface area contributed by atoms with Gasteiger partial charge in [-0.2, -0.15) is 21.5 Å². The number of rotatable bonds is 25. The van der Waals surface area contributed by atoms with E-state index in [4.69, 9.17) is 0 Å². The average molecular weight is 2050 g/mol. The molecule has 5 N–H and O–H groups in total. The topological polar surface area (TPSA) is 332 Å². The van der Waals surface area contributed by atoms with Gasteiger partial charge in [0.25, 0.3) is 0 Å². The molecule has 680 valence electrons. The molecule has 0 aliphatic carbocycles. The lowest BCUT2D eigenvalue weighted by atomic mass is 10.1. The van der Waals surface area contributed by atoms with Crippen molar-refractivity contribution in [2.75, 3.05) is 92.0 Å². The van der Waals surface area contributed by atoms with E-state index in [1.165, 1.54) is 113 Å². The van der Waals surface area contributed by atoms with Crippen LogP contribution < -0.4 is 26.6 Å². The van der Waals surface area contributed by atoms with Gasteiger partial charge in [0.05, 0.1) is 24.5 Å². The molecule has 0 unspecified atom stereocenters. The first-order chi connectivity index (χ1) is 62.3. The Labute approximate surface area is 787 Å². The number of nitrogens with zero attached hydrogens (tertiary/aromatic N) is 5. The molecule has 5 heterocycles. The minimum Gasteiger partial charge on any atom is -0.323 e. The summed E-state index contributed by atoms with van der Waals surface area (Å²) in [6, 6.07) is 69.8. The standard InChI is InChI=1S/2C20H22N2O3S.3C19H19BrN2O3S/c1-16-4-6-17(7-5-16)8-13-20(23)21-18-9-11-19(12-10-18)26(24,25)22-14-2-3-15-22;1-16-6-2-3-7-17(16)8-13-20(23)21-18-9-11-19(12-10-18)26(24,25)22-14-4-5-15-22;20-16-6-3-15(4-7-16)5-12-19(23)21-17-8-10-18(11-9-17)26(24,25)22-13-1-2-14-22;20-16-5-3-4-15(14-16)6-11-19(23)21-17-7-9-18(10-8-17)26(24,25)22-12-1-2-13-22;20-18-6-2-1-5-15(18)7-12-19(23)21-16-8-10-17(11-9-16)26(24,25)22-13-3-4-14-22/h4-13H,2-3,14-15H2,1H3,(H,21,23);2-3,6-13H,4-5,14-15H2,1H3,(H,21,23);3-12H,1-2,13-14H2,(H,21,23);3-11,14H,1-2,12-13H2,(H,21,23);1-2,5-12H,3-4,13-14H2,(H,21,23)/b2*13-8+;12-5+;11-6+;12-7+. The van der Waals surface area contributed by atoms with Crippen molar-refractivity contribution in [3.8, 4) is 0 Å². The zero-order valence-corrected chi connectivity index (χ0v) is 80.4. The predicted molar refractivity (Wildman–Crippen MR) is 525 cm³/mol. The van der Waals surface area contributed by atoms with Crippen LogP contribution in [0.1, 0.15) is 103 Å². The zero-order chi connectivity index (χ0) is 92.9. The molecule has 33 heteroatoms. The van der Waals surface area contributed by atoms with Gasteiger partial charge in [0.15, 0.2) is 0 Å². The van der Waals surface area contributed by atoms with Crippen molar-refractivity contribution < 1.29 is 66.1 Å². The van der Waals surface area contributed by atoms with Gasteiger partial charge in [0.2, 0.25) is 79.7 Å². The van der Waals surface area contributed by atoms with E-state index in [1.807, 2.05) is 135 Å². The highest BCUT2D eigenvalue weighted by atomic mass is 79.9. The summed E-state index contributed by atoms with van der Waals surface area (Å²) < 4.78 is 135. The van der Waals surface area contributed by atoms with E-state index in [2.05, 4.69) is 74.4 Å². The first-order valence-corrected chi connectivity index (χ1v) is 51.7. The van der Waals surface area contributed by atoms with Crippen molar-refractivity contribution >= 4 is 186 Å². The third-order valence-corrected chi connectivity index (χ3v) is 32.4. The second kappa shape index (κ2) is 47.9. The van der Waals surface area contributed by atoms with Gasteiger partial charge in [-0.05, 0) is 293 Å². The fourth-order valence-electron chi connectivity index (χ4n) is 14.0. The summed E-state index contributed by atoms with van der Waals surface area (Å²) in [4.78, 5) is 61.4. The van der Waals surface area contributed by atoms with Crippen LogP contribution in [0.15, 0.2) is 311 Å². The molecule has 10 aromatic rings. The normalized spacial score (nSPS) is 15.4. The van der Waals surface area contributed by atoms with Crippen LogP contribution >= 0.6 is 47.8 Å². The summed E-state index contributed by atoms with van der Waals surface area (Å²) in [5, 5.41) is 13.7. The van der Waals surface area contributed by atoms with Gasteiger partial charge in [-0.15, -0.1) is 0 Å². The van der Waals surface area contributed by atoms with E-state index in [0.29, 0.717) is 93.9 Å². The highest BCUT2D eigenvalue weighted by Gasteiger charge is 2.32. The predicted octanol–water partition coefficient (Wildman–Crippen LogP) is 18.5. The number of aryl methyl sites for hydroxylation is 2. The molecule has 0 saturated carbocycles. The van der Waals surface area contributed by atoms with Gasteiger partial charge in [0.1, 0.15) is 0 Å². The largest absolute Gasteiger partial charge is 0.323 e. The van der Waals surface area contributed by atoms with Crippen LogP contribution in [-0.2, 0) is 74.1 Å². The minimum atomic E-state index is -3.43. The van der Waals surface area contributed by atoms with Crippen LogP contribution in [0.25, 0.3) is 30.4 Å². The minimum absolute atomic E-state index is 0.251. The molecule has 5 amide bonds. The number of hydrogen-bond donors (Lipinski definition) is 5. The van der Waals surface area contributed by atoms with Crippen LogP contribution in [0.3, 0.4) is 0 Å². The van der Waals surface area contributed by atoms with Crippen molar-refractivity contribution in [3.63, 3.8) is 0 Å². The molecular weight excluding hydrogens is 1950 g/mol. The summed E-state index contributed by atoms with van der Waals surface area (Å²) >= 11 is 10.2. The van der Waals surface area contributed by atoms with Crippen LogP contribution in [0.2, 0.25) is 0 Å². The van der Waals surface area contributed by atoms with E-state index >= 15 is 0 Å². The van der Waals surface area contributed by atoms with Crippen LogP contribution in [-0.4, -0.2) is 159 Å². The first kappa shape index (κ1) is 99.8. The van der Waals surface area contributed by atoms with Crippen molar-refractivity contribution in [1.82, 2.24) is 21.5 Å². The van der Waals surface area contributed by atoms with Gasteiger partial charge in [0, 0.05) is 138 Å². The van der Waals surface area contributed by atoms with Gasteiger partial charge in [-0.25, -0.2) is 42.1 Å². The molecule has 0 aromatic heterocycles. The van der Waals surface area contributed by atoms with Gasteiger partial charge in [-0.3, -0.25) is 24.0 Å². The Balaban J connectivity index is 0.000000157. The van der Waals surface area contributed by atoms with Crippen LogP contribution in [0.5, 0.6) is 0 Å². The molecule has 5 saturated heterocycles. The molecule has 5 fully saturated rings. The number of halogens is 3. The molecule has 130 heavy (non-hydrogen) atoms. The maximum absolute atomic E-state index is 12.5. The fraction of sp³-hybridized carbons (Fsp3) is 0.227. The molecular formula is C97H101Br3N10O15S5. The Morgan fingerprint density at radius 1 is 0.262 bits per heavy atom. The molecule has 0 spiro atoms. The van der Waals surface area contributed by atoms with Crippen LogP contribution in [0.4, 0.5) is 28.4 Å². The lowest BCUT2D eigenvalue weighted by Crippen LogP contribution is -2.27. The number of sulfonamides is 5. The Morgan fingerprint density at radius 3 is 0.800 bits per heavy atom. The number of amides is 5. The summed E-state index contributed by atoms with van der Waals surface area (Å²) in [5.74, 6) is -1.36. The van der Waals surface area contributed by atoms with E-state index in [0.717, 1.165) is 117 Å². The average Bonchev–Trinajstić information content (AvgIpc) is 1.49. The summed E-state index contributed by atoms with van der Waals surface area (Å²) in [7, 11) is -17.2. The number of benzene rings is 10. The summed E-state index contributed by atoms with van der Waals surface area (Å²) in [5.41, 5.74) is 9.66. The third kappa shape index (κ3) is 29.6. The number of anilines is 5. The molecule has 25 nitrogen and oxygen atoms in total. The summed E-state index contributed by atoms with van der Waals surface area (Å²) in [6.07, 6.45) is 24.9. The Hall–Kier alpha value is -10.8. The lowest BCUT2D eigenvalue weighted by molar-refractivity contribution is -0.112. The number of carbonyl (C=O) groups excluding carboxylic acids is 5. The zero-order valence-electron chi connectivity index (χ0n) is 71.5. The second-order valence-corrected chi connectivity index (χ2v) is 43.1. The molecule has 5 aliphatic rings. The third-order valence-electron chi connectivity index (χ3n) is 21.1. The number of hydrogen-bond acceptors (Lipinski definition) is 15. The molecule has 0 bridgehead atoms. The van der Waals surface area contributed by atoms with Crippen molar-refractivity contribution in [2.45, 2.75) is 103 Å². The van der Waals surface area contributed by atoms with Gasteiger partial charge >= 0.3 is 0 Å². The van der Waals surface area contributed by atoms with Crippen molar-refractivity contribution in [2.24, 2.45) is 0 Å². The van der Waals surface area contributed by atoms with E-state index in [-0.39, 0.29) is 54.0 Å². The highest BCUT2D eigenvalue weighted by molar-refractivity contribution is 9.11. The Morgan fingerprint density at radius 2 is 0.515 bits per heavy atom. The smallest absolute Gasteiger partial charge is 0.248 e. The van der Waals surface area contributed by atoms with E-state index < -0.39 is 50.1 Å².